The van der Waals surface area contributed by atoms with E-state index in [-0.39, 0.29) is 29.2 Å². The molecule has 0 aliphatic carbocycles. The van der Waals surface area contributed by atoms with Gasteiger partial charge in [-0.2, -0.15) is 0 Å². The number of carbonyl (C=O) groups excluding carboxylic acids is 2. The molecule has 2 amide bonds. The van der Waals surface area contributed by atoms with Crippen LogP contribution in [0.3, 0.4) is 0 Å². The molecule has 0 unspecified atom stereocenters. The number of aromatic nitrogens is 1. The molecule has 3 aliphatic heterocycles. The van der Waals surface area contributed by atoms with E-state index in [9.17, 15) is 14.4 Å². The molecule has 2 bridgehead atoms. The van der Waals surface area contributed by atoms with Crippen LogP contribution >= 0.6 is 0 Å². The van der Waals surface area contributed by atoms with Gasteiger partial charge in [0.2, 0.25) is 11.8 Å². The Labute approximate surface area is 176 Å². The van der Waals surface area contributed by atoms with Crippen molar-refractivity contribution < 1.29 is 9.59 Å². The van der Waals surface area contributed by atoms with Gasteiger partial charge in [-0.05, 0) is 30.4 Å². The molecule has 0 saturated carbocycles. The number of hydrogen-bond donors (Lipinski definition) is 0. The molecule has 5 rings (SSSR count). The van der Waals surface area contributed by atoms with Gasteiger partial charge in [0.15, 0.2) is 0 Å². The Morgan fingerprint density at radius 2 is 1.77 bits per heavy atom. The Bertz CT molecular complexity index is 1020. The van der Waals surface area contributed by atoms with E-state index in [1.807, 2.05) is 44.7 Å². The largest absolute Gasteiger partial charge is 0.342 e. The molecule has 30 heavy (non-hydrogen) atoms. The highest BCUT2D eigenvalue weighted by atomic mass is 16.2. The maximum Gasteiger partial charge on any atom is 0.250 e. The van der Waals surface area contributed by atoms with Gasteiger partial charge >= 0.3 is 0 Å². The number of carbonyl (C=O) groups is 2. The molecule has 6 nitrogen and oxygen atoms in total. The van der Waals surface area contributed by atoms with E-state index >= 15 is 0 Å². The third kappa shape index (κ3) is 3.55. The lowest BCUT2D eigenvalue weighted by Gasteiger charge is -2.43. The standard InChI is InChI=1S/C24H27N3O3/c28-22-8-4-7-21-19-11-18(14-27(21)22)13-26(15-19)24(30)20-12-23(29)25(16-20)10-9-17-5-2-1-3-6-17/h1-8,18-20H,9-16H2/t18-,19+,20+/m0/s1. The smallest absolute Gasteiger partial charge is 0.250 e. The minimum Gasteiger partial charge on any atom is -0.342 e. The van der Waals surface area contributed by atoms with Crippen molar-refractivity contribution in [3.63, 3.8) is 0 Å². The first-order valence-corrected chi connectivity index (χ1v) is 10.9. The fourth-order valence-corrected chi connectivity index (χ4v) is 5.40. The molecule has 1 aromatic heterocycles. The van der Waals surface area contributed by atoms with Crippen molar-refractivity contribution in [2.75, 3.05) is 26.2 Å². The molecule has 3 aliphatic rings. The van der Waals surface area contributed by atoms with Crippen LogP contribution in [-0.4, -0.2) is 52.4 Å². The number of benzene rings is 1. The van der Waals surface area contributed by atoms with Crippen molar-refractivity contribution in [3.8, 4) is 0 Å². The van der Waals surface area contributed by atoms with Crippen LogP contribution in [0.5, 0.6) is 0 Å². The molecule has 1 aromatic carbocycles. The van der Waals surface area contributed by atoms with E-state index in [2.05, 4.69) is 12.1 Å². The summed E-state index contributed by atoms with van der Waals surface area (Å²) < 4.78 is 1.88. The zero-order chi connectivity index (χ0) is 20.7. The Balaban J connectivity index is 1.24. The average molecular weight is 405 g/mol. The summed E-state index contributed by atoms with van der Waals surface area (Å²) in [5.41, 5.74) is 2.30. The maximum absolute atomic E-state index is 13.3. The van der Waals surface area contributed by atoms with Gasteiger partial charge in [-0.1, -0.05) is 36.4 Å². The van der Waals surface area contributed by atoms with E-state index in [1.165, 1.54) is 5.56 Å². The van der Waals surface area contributed by atoms with Crippen molar-refractivity contribution in [1.29, 1.82) is 0 Å². The Hall–Kier alpha value is -2.89. The minimum absolute atomic E-state index is 0.0532. The molecular weight excluding hydrogens is 378 g/mol. The Kier molecular flexibility index (Phi) is 4.93. The zero-order valence-electron chi connectivity index (χ0n) is 17.1. The molecular formula is C24H27N3O3. The Morgan fingerprint density at radius 1 is 0.933 bits per heavy atom. The van der Waals surface area contributed by atoms with Gasteiger partial charge in [0.05, 0.1) is 5.92 Å². The molecule has 2 fully saturated rings. The number of fused-ring (bicyclic) bond motifs is 4. The van der Waals surface area contributed by atoms with Gasteiger partial charge < -0.3 is 14.4 Å². The van der Waals surface area contributed by atoms with Gasteiger partial charge in [-0.3, -0.25) is 14.4 Å². The second-order valence-electron chi connectivity index (χ2n) is 8.92. The van der Waals surface area contributed by atoms with Crippen LogP contribution in [0.2, 0.25) is 0 Å². The van der Waals surface area contributed by atoms with Crippen LogP contribution in [0, 0.1) is 11.8 Å². The summed E-state index contributed by atoms with van der Waals surface area (Å²) in [5.74, 6) is 0.462. The maximum atomic E-state index is 13.3. The number of nitrogens with zero attached hydrogens (tertiary/aromatic N) is 3. The molecule has 156 valence electrons. The topological polar surface area (TPSA) is 62.6 Å². The highest BCUT2D eigenvalue weighted by molar-refractivity contribution is 5.89. The Morgan fingerprint density at radius 3 is 2.60 bits per heavy atom. The molecule has 3 atom stereocenters. The lowest BCUT2D eigenvalue weighted by atomic mass is 9.82. The average Bonchev–Trinajstić information content (AvgIpc) is 3.13. The molecule has 0 spiro atoms. The first-order valence-electron chi connectivity index (χ1n) is 10.9. The fourth-order valence-electron chi connectivity index (χ4n) is 5.40. The monoisotopic (exact) mass is 405 g/mol. The van der Waals surface area contributed by atoms with Gasteiger partial charge in [0.25, 0.3) is 5.56 Å². The number of rotatable bonds is 4. The van der Waals surface area contributed by atoms with Gasteiger partial charge in [0, 0.05) is 56.8 Å². The third-order valence-corrected chi connectivity index (χ3v) is 6.87. The summed E-state index contributed by atoms with van der Waals surface area (Å²) in [6.07, 6.45) is 2.16. The van der Waals surface area contributed by atoms with E-state index in [0.29, 0.717) is 45.1 Å². The van der Waals surface area contributed by atoms with Crippen LogP contribution in [0.15, 0.2) is 53.3 Å². The van der Waals surface area contributed by atoms with E-state index in [1.54, 1.807) is 6.07 Å². The zero-order valence-corrected chi connectivity index (χ0v) is 17.1. The lowest BCUT2D eigenvalue weighted by Crippen LogP contribution is -2.50. The highest BCUT2D eigenvalue weighted by Gasteiger charge is 2.41. The SMILES string of the molecule is O=C1C[C@@H](C(=O)N2C[C@@H]3C[C@H](C2)c2cccc(=O)n2C3)CN1CCc1ccccc1. The predicted molar refractivity (Wildman–Crippen MR) is 113 cm³/mol. The summed E-state index contributed by atoms with van der Waals surface area (Å²) in [7, 11) is 0. The number of likely N-dealkylation sites (tertiary alicyclic amines) is 2. The summed E-state index contributed by atoms with van der Waals surface area (Å²) in [5, 5.41) is 0. The first-order chi connectivity index (χ1) is 14.6. The van der Waals surface area contributed by atoms with Crippen LogP contribution in [0.4, 0.5) is 0 Å². The molecule has 4 heterocycles. The molecule has 2 aromatic rings. The summed E-state index contributed by atoms with van der Waals surface area (Å²) in [6, 6.07) is 15.6. The second kappa shape index (κ2) is 7.74. The normalized spacial score (nSPS) is 25.3. The number of piperidine rings is 1. The van der Waals surface area contributed by atoms with Crippen molar-refractivity contribution in [2.45, 2.75) is 31.7 Å². The quantitative estimate of drug-likeness (QED) is 0.780. The lowest BCUT2D eigenvalue weighted by molar-refractivity contribution is -0.138. The van der Waals surface area contributed by atoms with Crippen molar-refractivity contribution in [1.82, 2.24) is 14.4 Å². The minimum atomic E-state index is -0.245. The van der Waals surface area contributed by atoms with E-state index < -0.39 is 0 Å². The van der Waals surface area contributed by atoms with Crippen LogP contribution < -0.4 is 5.56 Å². The number of amides is 2. The second-order valence-corrected chi connectivity index (χ2v) is 8.92. The molecule has 0 N–H and O–H groups in total. The van der Waals surface area contributed by atoms with Crippen molar-refractivity contribution in [3.05, 3.63) is 70.1 Å². The molecule has 0 radical (unpaired) electrons. The first kappa shape index (κ1) is 19.1. The fraction of sp³-hybridized carbons (Fsp3) is 0.458. The predicted octanol–water partition coefficient (Wildman–Crippen LogP) is 1.89. The summed E-state index contributed by atoms with van der Waals surface area (Å²) >= 11 is 0. The molecule has 2 saturated heterocycles. The van der Waals surface area contributed by atoms with Crippen LogP contribution in [0.25, 0.3) is 0 Å². The highest BCUT2D eigenvalue weighted by Crippen LogP contribution is 2.36. The van der Waals surface area contributed by atoms with Gasteiger partial charge in [-0.25, -0.2) is 0 Å². The van der Waals surface area contributed by atoms with Crippen molar-refractivity contribution in [2.24, 2.45) is 11.8 Å². The summed E-state index contributed by atoms with van der Waals surface area (Å²) in [6.45, 7) is 3.20. The van der Waals surface area contributed by atoms with Crippen LogP contribution in [0.1, 0.15) is 30.0 Å². The number of pyridine rings is 1. The third-order valence-electron chi connectivity index (χ3n) is 6.87. The van der Waals surface area contributed by atoms with Crippen LogP contribution in [-0.2, 0) is 22.6 Å². The van der Waals surface area contributed by atoms with Gasteiger partial charge in [-0.15, -0.1) is 0 Å². The van der Waals surface area contributed by atoms with E-state index in [0.717, 1.165) is 18.5 Å². The van der Waals surface area contributed by atoms with Crippen molar-refractivity contribution >= 4 is 11.8 Å². The van der Waals surface area contributed by atoms with Gasteiger partial charge in [0.1, 0.15) is 0 Å². The summed E-state index contributed by atoms with van der Waals surface area (Å²) in [4.78, 5) is 41.8. The van der Waals surface area contributed by atoms with E-state index in [4.69, 9.17) is 0 Å². The number of hydrogen-bond acceptors (Lipinski definition) is 3. The molecule has 6 heteroatoms.